The second kappa shape index (κ2) is 8.68. The van der Waals surface area contributed by atoms with Crippen LogP contribution in [0, 0.1) is 5.92 Å². The average molecular weight is 345 g/mol. The van der Waals surface area contributed by atoms with Gasteiger partial charge in [0.05, 0.1) is 13.2 Å². The molecule has 1 aliphatic carbocycles. The van der Waals surface area contributed by atoms with Gasteiger partial charge in [-0.05, 0) is 62.9 Å². The summed E-state index contributed by atoms with van der Waals surface area (Å²) in [5.41, 5.74) is 7.20. The molecule has 1 heterocycles. The van der Waals surface area contributed by atoms with Crippen molar-refractivity contribution in [2.75, 3.05) is 26.7 Å². The van der Waals surface area contributed by atoms with Gasteiger partial charge in [0.25, 0.3) is 0 Å². The highest BCUT2D eigenvalue weighted by atomic mass is 16.5. The molecule has 1 saturated carbocycles. The average Bonchev–Trinajstić information content (AvgIpc) is 3.10. The smallest absolute Gasteiger partial charge is 0.223 e. The Hall–Kier alpha value is -1.59. The van der Waals surface area contributed by atoms with E-state index in [4.69, 9.17) is 10.5 Å². The Balaban J connectivity index is 1.66. The largest absolute Gasteiger partial charge is 0.497 e. The number of rotatable bonds is 6. The van der Waals surface area contributed by atoms with Gasteiger partial charge < -0.3 is 15.8 Å². The molecule has 3 N–H and O–H groups in total. The summed E-state index contributed by atoms with van der Waals surface area (Å²) in [4.78, 5) is 15.0. The van der Waals surface area contributed by atoms with Gasteiger partial charge in [-0.3, -0.25) is 9.69 Å². The van der Waals surface area contributed by atoms with Gasteiger partial charge in [-0.1, -0.05) is 18.6 Å². The summed E-state index contributed by atoms with van der Waals surface area (Å²) in [6.45, 7) is 2.86. The zero-order valence-corrected chi connectivity index (χ0v) is 15.2. The van der Waals surface area contributed by atoms with Crippen LogP contribution in [0.15, 0.2) is 24.3 Å². The van der Waals surface area contributed by atoms with Crippen molar-refractivity contribution in [3.05, 3.63) is 29.8 Å². The van der Waals surface area contributed by atoms with E-state index in [0.29, 0.717) is 6.54 Å². The molecular formula is C20H31N3O2. The number of nitrogens with two attached hydrogens (primary N) is 1. The lowest BCUT2D eigenvalue weighted by Crippen LogP contribution is -2.42. The predicted octanol–water partition coefficient (Wildman–Crippen LogP) is 2.47. The number of nitrogens with zero attached hydrogens (tertiary/aromatic N) is 1. The number of hydrogen-bond acceptors (Lipinski definition) is 4. The van der Waals surface area contributed by atoms with Crippen LogP contribution in [0.1, 0.15) is 50.1 Å². The van der Waals surface area contributed by atoms with E-state index < -0.39 is 0 Å². The molecule has 0 radical (unpaired) electrons. The molecule has 1 aliphatic heterocycles. The maximum Gasteiger partial charge on any atom is 0.223 e. The lowest BCUT2D eigenvalue weighted by molar-refractivity contribution is -0.125. The Bertz CT molecular complexity index is 555. The summed E-state index contributed by atoms with van der Waals surface area (Å²) < 4.78 is 5.27. The minimum atomic E-state index is 0.0906. The summed E-state index contributed by atoms with van der Waals surface area (Å²) in [5.74, 6) is 1.13. The van der Waals surface area contributed by atoms with E-state index in [1.807, 2.05) is 12.1 Å². The lowest BCUT2D eigenvalue weighted by Gasteiger charge is -2.35. The number of benzene rings is 1. The van der Waals surface area contributed by atoms with Gasteiger partial charge in [-0.2, -0.15) is 0 Å². The maximum atomic E-state index is 12.5. The number of likely N-dealkylation sites (tertiary alicyclic amines) is 1. The third-order valence-electron chi connectivity index (χ3n) is 5.65. The van der Waals surface area contributed by atoms with Crippen LogP contribution in [0.5, 0.6) is 5.75 Å². The lowest BCUT2D eigenvalue weighted by atomic mass is 10.0. The van der Waals surface area contributed by atoms with Gasteiger partial charge in [0.1, 0.15) is 5.75 Å². The van der Waals surface area contributed by atoms with Gasteiger partial charge in [0.2, 0.25) is 5.91 Å². The minimum absolute atomic E-state index is 0.0906. The van der Waals surface area contributed by atoms with Crippen LogP contribution in [-0.2, 0) is 4.79 Å². The normalized spacial score (nSPS) is 25.5. The van der Waals surface area contributed by atoms with Crippen molar-refractivity contribution >= 4 is 5.91 Å². The summed E-state index contributed by atoms with van der Waals surface area (Å²) >= 11 is 0. The van der Waals surface area contributed by atoms with Crippen molar-refractivity contribution in [1.82, 2.24) is 10.2 Å². The van der Waals surface area contributed by atoms with E-state index in [0.717, 1.165) is 38.1 Å². The van der Waals surface area contributed by atoms with E-state index in [1.54, 1.807) is 7.11 Å². The first-order chi connectivity index (χ1) is 12.2. The predicted molar refractivity (Wildman–Crippen MR) is 99.5 cm³/mol. The number of carbonyl (C=O) groups excluding carboxylic acids is 1. The first kappa shape index (κ1) is 18.2. The van der Waals surface area contributed by atoms with E-state index in [-0.39, 0.29) is 23.9 Å². The fourth-order valence-electron chi connectivity index (χ4n) is 4.11. The fraction of sp³-hybridized carbons (Fsp3) is 0.650. The Morgan fingerprint density at radius 1 is 1.24 bits per heavy atom. The Labute approximate surface area is 150 Å². The Kier molecular flexibility index (Phi) is 6.32. The van der Waals surface area contributed by atoms with Crippen molar-refractivity contribution in [3.63, 3.8) is 0 Å². The van der Waals surface area contributed by atoms with Crippen LogP contribution in [-0.4, -0.2) is 43.6 Å². The SMILES string of the molecule is COc1ccc(C(CNC(=O)C2CCC(N)C2)N2CCCCC2)cc1. The molecule has 0 spiro atoms. The maximum absolute atomic E-state index is 12.5. The molecule has 138 valence electrons. The third kappa shape index (κ3) is 4.73. The van der Waals surface area contributed by atoms with Gasteiger partial charge >= 0.3 is 0 Å². The van der Waals surface area contributed by atoms with E-state index in [1.165, 1.54) is 24.8 Å². The molecule has 5 heteroatoms. The molecule has 3 atom stereocenters. The van der Waals surface area contributed by atoms with E-state index in [9.17, 15) is 4.79 Å². The Morgan fingerprint density at radius 2 is 1.96 bits per heavy atom. The van der Waals surface area contributed by atoms with E-state index in [2.05, 4.69) is 22.3 Å². The molecular weight excluding hydrogens is 314 g/mol. The van der Waals surface area contributed by atoms with Crippen LogP contribution in [0.2, 0.25) is 0 Å². The van der Waals surface area contributed by atoms with Crippen molar-refractivity contribution in [1.29, 1.82) is 0 Å². The summed E-state index contributed by atoms with van der Waals surface area (Å²) in [7, 11) is 1.68. The van der Waals surface area contributed by atoms with Crippen molar-refractivity contribution in [2.45, 2.75) is 50.6 Å². The first-order valence-corrected chi connectivity index (χ1v) is 9.58. The molecule has 0 bridgehead atoms. The number of piperidine rings is 1. The van der Waals surface area contributed by atoms with Crippen molar-refractivity contribution < 1.29 is 9.53 Å². The molecule has 0 aromatic heterocycles. The first-order valence-electron chi connectivity index (χ1n) is 9.58. The zero-order valence-electron chi connectivity index (χ0n) is 15.2. The standard InChI is InChI=1S/C20H31N3O2/c1-25-18-9-6-15(7-10-18)19(23-11-3-2-4-12-23)14-22-20(24)16-5-8-17(21)13-16/h6-7,9-10,16-17,19H,2-5,8,11-14,21H2,1H3,(H,22,24). The molecule has 1 aromatic carbocycles. The van der Waals surface area contributed by atoms with Gasteiger partial charge in [0, 0.05) is 18.5 Å². The zero-order chi connectivity index (χ0) is 17.6. The molecule has 1 saturated heterocycles. The van der Waals surface area contributed by atoms with Crippen molar-refractivity contribution in [3.8, 4) is 5.75 Å². The van der Waals surface area contributed by atoms with Gasteiger partial charge in [-0.15, -0.1) is 0 Å². The highest BCUT2D eigenvalue weighted by molar-refractivity contribution is 5.79. The molecule has 25 heavy (non-hydrogen) atoms. The second-order valence-corrected chi connectivity index (χ2v) is 7.40. The number of methoxy groups -OCH3 is 1. The third-order valence-corrected chi connectivity index (χ3v) is 5.65. The topological polar surface area (TPSA) is 67.6 Å². The van der Waals surface area contributed by atoms with Gasteiger partial charge in [0.15, 0.2) is 0 Å². The van der Waals surface area contributed by atoms with Crippen LogP contribution in [0.25, 0.3) is 0 Å². The van der Waals surface area contributed by atoms with Crippen LogP contribution < -0.4 is 15.8 Å². The molecule has 2 aliphatic rings. The molecule has 5 nitrogen and oxygen atoms in total. The molecule has 1 aromatic rings. The minimum Gasteiger partial charge on any atom is -0.497 e. The van der Waals surface area contributed by atoms with Crippen LogP contribution in [0.3, 0.4) is 0 Å². The highest BCUT2D eigenvalue weighted by Crippen LogP contribution is 2.27. The van der Waals surface area contributed by atoms with Crippen LogP contribution >= 0.6 is 0 Å². The summed E-state index contributed by atoms with van der Waals surface area (Å²) in [6, 6.07) is 8.67. The molecule has 3 unspecified atom stereocenters. The number of nitrogens with one attached hydrogen (secondary N) is 1. The van der Waals surface area contributed by atoms with Crippen molar-refractivity contribution in [2.24, 2.45) is 11.7 Å². The number of amides is 1. The fourth-order valence-corrected chi connectivity index (χ4v) is 4.11. The Morgan fingerprint density at radius 3 is 2.56 bits per heavy atom. The quantitative estimate of drug-likeness (QED) is 0.831. The summed E-state index contributed by atoms with van der Waals surface area (Å²) in [5, 5.41) is 3.20. The molecule has 1 amide bonds. The van der Waals surface area contributed by atoms with Crippen LogP contribution in [0.4, 0.5) is 0 Å². The monoisotopic (exact) mass is 345 g/mol. The van der Waals surface area contributed by atoms with E-state index >= 15 is 0 Å². The molecule has 3 rings (SSSR count). The highest BCUT2D eigenvalue weighted by Gasteiger charge is 2.29. The second-order valence-electron chi connectivity index (χ2n) is 7.40. The number of ether oxygens (including phenoxy) is 1. The molecule has 2 fully saturated rings. The number of hydrogen-bond donors (Lipinski definition) is 2. The summed E-state index contributed by atoms with van der Waals surface area (Å²) in [6.07, 6.45) is 6.48. The van der Waals surface area contributed by atoms with Gasteiger partial charge in [-0.25, -0.2) is 0 Å². The number of carbonyl (C=O) groups is 1.